The SMILES string of the molecule is CCC1(CNS(=O)(=O)c2ccc3c(c2)CCN3)CCCC1. The molecule has 3 rings (SSSR count). The number of benzene rings is 1. The van der Waals surface area contributed by atoms with Crippen LogP contribution in [-0.2, 0) is 16.4 Å². The highest BCUT2D eigenvalue weighted by atomic mass is 32.2. The van der Waals surface area contributed by atoms with Crippen LogP contribution >= 0.6 is 0 Å². The Kier molecular flexibility index (Phi) is 3.97. The largest absolute Gasteiger partial charge is 0.384 e. The summed E-state index contributed by atoms with van der Waals surface area (Å²) in [4.78, 5) is 0.397. The van der Waals surface area contributed by atoms with Gasteiger partial charge in [-0.15, -0.1) is 0 Å². The van der Waals surface area contributed by atoms with E-state index in [9.17, 15) is 8.42 Å². The summed E-state index contributed by atoms with van der Waals surface area (Å²) in [5.41, 5.74) is 2.34. The molecule has 0 radical (unpaired) electrons. The lowest BCUT2D eigenvalue weighted by atomic mass is 9.84. The molecule has 0 aromatic heterocycles. The van der Waals surface area contributed by atoms with E-state index in [1.807, 2.05) is 12.1 Å². The number of sulfonamides is 1. The van der Waals surface area contributed by atoms with Crippen LogP contribution in [0.25, 0.3) is 0 Å². The zero-order chi connectivity index (χ0) is 14.9. The van der Waals surface area contributed by atoms with Crippen LogP contribution in [0.1, 0.15) is 44.6 Å². The summed E-state index contributed by atoms with van der Waals surface area (Å²) < 4.78 is 27.9. The molecule has 0 saturated heterocycles. The second kappa shape index (κ2) is 5.61. The van der Waals surface area contributed by atoms with E-state index < -0.39 is 10.0 Å². The van der Waals surface area contributed by atoms with Crippen molar-refractivity contribution in [2.45, 2.75) is 50.3 Å². The summed E-state index contributed by atoms with van der Waals surface area (Å²) in [5.74, 6) is 0. The Morgan fingerprint density at radius 3 is 2.76 bits per heavy atom. The van der Waals surface area contributed by atoms with Crippen molar-refractivity contribution in [1.29, 1.82) is 0 Å². The normalized spacial score (nSPS) is 20.2. The number of rotatable bonds is 5. The maximum absolute atomic E-state index is 12.5. The molecule has 2 N–H and O–H groups in total. The molecule has 1 saturated carbocycles. The van der Waals surface area contributed by atoms with Crippen LogP contribution in [-0.4, -0.2) is 21.5 Å². The first-order valence-corrected chi connectivity index (χ1v) is 9.39. The van der Waals surface area contributed by atoms with Crippen LogP contribution in [0, 0.1) is 5.41 Å². The van der Waals surface area contributed by atoms with Crippen molar-refractivity contribution in [2.75, 3.05) is 18.4 Å². The molecule has 0 atom stereocenters. The lowest BCUT2D eigenvalue weighted by molar-refractivity contribution is 0.285. The van der Waals surface area contributed by atoms with Gasteiger partial charge in [-0.3, -0.25) is 0 Å². The topological polar surface area (TPSA) is 58.2 Å². The maximum atomic E-state index is 12.5. The van der Waals surface area contributed by atoms with Crippen LogP contribution in [0.2, 0.25) is 0 Å². The zero-order valence-electron chi connectivity index (χ0n) is 12.6. The van der Waals surface area contributed by atoms with Gasteiger partial charge in [0.25, 0.3) is 0 Å². The highest BCUT2D eigenvalue weighted by molar-refractivity contribution is 7.89. The third-order valence-electron chi connectivity index (χ3n) is 5.15. The smallest absolute Gasteiger partial charge is 0.240 e. The molecule has 2 aliphatic rings. The van der Waals surface area contributed by atoms with Gasteiger partial charge in [-0.25, -0.2) is 13.1 Å². The van der Waals surface area contributed by atoms with Crippen molar-refractivity contribution in [3.8, 4) is 0 Å². The fourth-order valence-corrected chi connectivity index (χ4v) is 4.77. The highest BCUT2D eigenvalue weighted by Crippen LogP contribution is 2.40. The monoisotopic (exact) mass is 308 g/mol. The molecule has 1 fully saturated rings. The number of hydrogen-bond acceptors (Lipinski definition) is 3. The summed E-state index contributed by atoms with van der Waals surface area (Å²) in [6, 6.07) is 5.39. The van der Waals surface area contributed by atoms with E-state index in [2.05, 4.69) is 17.0 Å². The van der Waals surface area contributed by atoms with Gasteiger partial charge in [0, 0.05) is 18.8 Å². The van der Waals surface area contributed by atoms with E-state index in [0.717, 1.165) is 43.5 Å². The molecule has 1 aromatic carbocycles. The fourth-order valence-electron chi connectivity index (χ4n) is 3.56. The number of fused-ring (bicyclic) bond motifs is 1. The fraction of sp³-hybridized carbons (Fsp3) is 0.625. The van der Waals surface area contributed by atoms with E-state index in [-0.39, 0.29) is 5.41 Å². The van der Waals surface area contributed by atoms with Crippen LogP contribution in [0.3, 0.4) is 0 Å². The molecular formula is C16H24N2O2S. The van der Waals surface area contributed by atoms with Gasteiger partial charge < -0.3 is 5.32 Å². The van der Waals surface area contributed by atoms with E-state index in [1.54, 1.807) is 6.07 Å². The second-order valence-electron chi connectivity index (χ2n) is 6.38. The summed E-state index contributed by atoms with van der Waals surface area (Å²) in [7, 11) is -3.40. The lowest BCUT2D eigenvalue weighted by Crippen LogP contribution is -2.35. The van der Waals surface area contributed by atoms with Gasteiger partial charge in [0.05, 0.1) is 4.90 Å². The van der Waals surface area contributed by atoms with E-state index in [1.165, 1.54) is 12.8 Å². The van der Waals surface area contributed by atoms with Gasteiger partial charge >= 0.3 is 0 Å². The highest BCUT2D eigenvalue weighted by Gasteiger charge is 2.33. The number of nitrogens with one attached hydrogen (secondary N) is 2. The predicted octanol–water partition coefficient (Wildman–Crippen LogP) is 2.90. The minimum Gasteiger partial charge on any atom is -0.384 e. The number of hydrogen-bond donors (Lipinski definition) is 2. The van der Waals surface area contributed by atoms with Gasteiger partial charge in [-0.05, 0) is 54.9 Å². The van der Waals surface area contributed by atoms with Crippen LogP contribution in [0.15, 0.2) is 23.1 Å². The predicted molar refractivity (Wildman–Crippen MR) is 85.0 cm³/mol. The van der Waals surface area contributed by atoms with Crippen molar-refractivity contribution >= 4 is 15.7 Å². The molecule has 0 unspecified atom stereocenters. The van der Waals surface area contributed by atoms with Gasteiger partial charge in [0.1, 0.15) is 0 Å². The second-order valence-corrected chi connectivity index (χ2v) is 8.15. The zero-order valence-corrected chi connectivity index (χ0v) is 13.4. The first-order valence-electron chi connectivity index (χ1n) is 7.91. The molecule has 0 bridgehead atoms. The first kappa shape index (κ1) is 14.9. The molecule has 0 spiro atoms. The average molecular weight is 308 g/mol. The Morgan fingerprint density at radius 1 is 1.29 bits per heavy atom. The van der Waals surface area contributed by atoms with Gasteiger partial charge in [-0.2, -0.15) is 0 Å². The van der Waals surface area contributed by atoms with Gasteiger partial charge in [0.2, 0.25) is 10.0 Å². The minimum atomic E-state index is -3.40. The quantitative estimate of drug-likeness (QED) is 0.879. The molecule has 21 heavy (non-hydrogen) atoms. The third-order valence-corrected chi connectivity index (χ3v) is 6.55. The molecule has 4 nitrogen and oxygen atoms in total. The van der Waals surface area contributed by atoms with E-state index in [0.29, 0.717) is 11.4 Å². The van der Waals surface area contributed by atoms with Crippen LogP contribution in [0.4, 0.5) is 5.69 Å². The Labute approximate surface area is 127 Å². The van der Waals surface area contributed by atoms with Crippen LogP contribution < -0.4 is 10.0 Å². The summed E-state index contributed by atoms with van der Waals surface area (Å²) >= 11 is 0. The summed E-state index contributed by atoms with van der Waals surface area (Å²) in [5, 5.41) is 3.26. The lowest BCUT2D eigenvalue weighted by Gasteiger charge is -2.27. The Balaban J connectivity index is 1.75. The van der Waals surface area contributed by atoms with E-state index >= 15 is 0 Å². The van der Waals surface area contributed by atoms with Gasteiger partial charge in [-0.1, -0.05) is 19.8 Å². The molecule has 1 aliphatic carbocycles. The molecule has 5 heteroatoms. The standard InChI is InChI=1S/C16H24N2O2S/c1-2-16(8-3-4-9-16)12-18-21(19,20)14-5-6-15-13(11-14)7-10-17-15/h5-6,11,17-18H,2-4,7-10,12H2,1H3. The minimum absolute atomic E-state index is 0.172. The molecule has 116 valence electrons. The third kappa shape index (κ3) is 2.94. The molecular weight excluding hydrogens is 284 g/mol. The maximum Gasteiger partial charge on any atom is 0.240 e. The molecule has 1 heterocycles. The molecule has 1 aromatic rings. The van der Waals surface area contributed by atoms with Crippen molar-refractivity contribution in [3.05, 3.63) is 23.8 Å². The van der Waals surface area contributed by atoms with Crippen molar-refractivity contribution in [1.82, 2.24) is 4.72 Å². The number of anilines is 1. The average Bonchev–Trinajstić information content (AvgIpc) is 3.14. The Bertz CT molecular complexity index is 619. The van der Waals surface area contributed by atoms with Gasteiger partial charge in [0.15, 0.2) is 0 Å². The Morgan fingerprint density at radius 2 is 2.05 bits per heavy atom. The van der Waals surface area contributed by atoms with Crippen molar-refractivity contribution in [2.24, 2.45) is 5.41 Å². The Hall–Kier alpha value is -1.07. The van der Waals surface area contributed by atoms with Crippen molar-refractivity contribution < 1.29 is 8.42 Å². The molecule has 0 amide bonds. The molecule has 1 aliphatic heterocycles. The first-order chi connectivity index (χ1) is 10.0. The summed E-state index contributed by atoms with van der Waals surface area (Å²) in [6.07, 6.45) is 6.67. The van der Waals surface area contributed by atoms with Crippen LogP contribution in [0.5, 0.6) is 0 Å². The summed E-state index contributed by atoms with van der Waals surface area (Å²) in [6.45, 7) is 3.63. The van der Waals surface area contributed by atoms with E-state index in [4.69, 9.17) is 0 Å². The van der Waals surface area contributed by atoms with Crippen molar-refractivity contribution in [3.63, 3.8) is 0 Å².